The summed E-state index contributed by atoms with van der Waals surface area (Å²) in [6.07, 6.45) is 1.51. The van der Waals surface area contributed by atoms with Crippen molar-refractivity contribution in [2.24, 2.45) is 5.92 Å². The number of urea groups is 1. The minimum absolute atomic E-state index is 0.0335. The monoisotopic (exact) mass is 390 g/mol. The Morgan fingerprint density at radius 1 is 1.41 bits per heavy atom. The molecule has 2 amide bonds. The number of anilines is 1. The normalized spacial score (nSPS) is 19.6. The second-order valence-corrected chi connectivity index (χ2v) is 7.78. The van der Waals surface area contributed by atoms with Crippen molar-refractivity contribution in [3.63, 3.8) is 0 Å². The van der Waals surface area contributed by atoms with Gasteiger partial charge in [-0.2, -0.15) is 5.26 Å². The van der Waals surface area contributed by atoms with Gasteiger partial charge in [0.05, 0.1) is 24.2 Å². The molecule has 8 heteroatoms. The molecule has 0 spiro atoms. The second-order valence-electron chi connectivity index (χ2n) is 6.71. The van der Waals surface area contributed by atoms with Crippen molar-refractivity contribution in [2.45, 2.75) is 43.7 Å². The predicted molar refractivity (Wildman–Crippen MR) is 106 cm³/mol. The van der Waals surface area contributed by atoms with E-state index in [0.29, 0.717) is 12.3 Å². The third-order valence-electron chi connectivity index (χ3n) is 4.55. The number of carbonyl (C=O) groups is 2. The first-order valence-electron chi connectivity index (χ1n) is 9.07. The number of likely N-dealkylation sites (N-methyl/N-ethyl adjacent to an activating group) is 1. The fraction of sp³-hybridized carbons (Fsp3) is 0.526. The summed E-state index contributed by atoms with van der Waals surface area (Å²) in [4.78, 5) is 26.0. The number of nitrogens with one attached hydrogen (secondary N) is 2. The molecule has 1 aromatic rings. The van der Waals surface area contributed by atoms with E-state index >= 15 is 0 Å². The molecule has 0 aliphatic heterocycles. The van der Waals surface area contributed by atoms with E-state index in [2.05, 4.69) is 16.7 Å². The maximum Gasteiger partial charge on any atom is 0.319 e. The molecule has 1 unspecified atom stereocenters. The third kappa shape index (κ3) is 6.45. The number of hydrogen-bond donors (Lipinski definition) is 3. The summed E-state index contributed by atoms with van der Waals surface area (Å²) in [5, 5.41) is 23.7. The molecule has 146 valence electrons. The zero-order valence-corrected chi connectivity index (χ0v) is 16.5. The molecule has 0 aromatic heterocycles. The Labute approximate surface area is 164 Å². The van der Waals surface area contributed by atoms with Crippen LogP contribution in [0.1, 0.15) is 26.7 Å². The maximum atomic E-state index is 12.3. The number of carboxylic acids is 1. The van der Waals surface area contributed by atoms with Crippen LogP contribution in [0.25, 0.3) is 0 Å². The van der Waals surface area contributed by atoms with Gasteiger partial charge in [0.15, 0.2) is 0 Å². The number of nitriles is 1. The van der Waals surface area contributed by atoms with Crippen LogP contribution in [0, 0.1) is 17.2 Å². The lowest BCUT2D eigenvalue weighted by Gasteiger charge is -2.42. The number of benzene rings is 1. The largest absolute Gasteiger partial charge is 0.480 e. The molecular formula is C19H26N4O3S. The van der Waals surface area contributed by atoms with Crippen LogP contribution < -0.4 is 10.6 Å². The Kier molecular flexibility index (Phi) is 7.95. The number of rotatable bonds is 9. The summed E-state index contributed by atoms with van der Waals surface area (Å²) >= 11 is 1.55. The van der Waals surface area contributed by atoms with E-state index in [-0.39, 0.29) is 30.6 Å². The van der Waals surface area contributed by atoms with E-state index in [0.717, 1.165) is 23.4 Å². The number of aliphatic carboxylic acids is 1. The van der Waals surface area contributed by atoms with Crippen LogP contribution in [0.5, 0.6) is 0 Å². The number of amides is 2. The van der Waals surface area contributed by atoms with E-state index in [1.54, 1.807) is 11.8 Å². The second kappa shape index (κ2) is 10.2. The van der Waals surface area contributed by atoms with Crippen LogP contribution in [0.3, 0.4) is 0 Å². The Morgan fingerprint density at radius 3 is 2.74 bits per heavy atom. The van der Waals surface area contributed by atoms with Crippen LogP contribution >= 0.6 is 11.8 Å². The van der Waals surface area contributed by atoms with Crippen molar-refractivity contribution >= 4 is 29.4 Å². The zero-order chi connectivity index (χ0) is 19.8. The summed E-state index contributed by atoms with van der Waals surface area (Å²) in [5.41, 5.74) is 0.724. The van der Waals surface area contributed by atoms with Crippen LogP contribution in [-0.2, 0) is 4.79 Å². The molecule has 1 atom stereocenters. The summed E-state index contributed by atoms with van der Waals surface area (Å²) in [5.74, 6) is -0.223. The summed E-state index contributed by atoms with van der Waals surface area (Å²) in [6, 6.07) is 9.72. The first-order chi connectivity index (χ1) is 12.9. The Morgan fingerprint density at radius 2 is 2.11 bits per heavy atom. The molecule has 1 fully saturated rings. The number of thioether (sulfide) groups is 1. The summed E-state index contributed by atoms with van der Waals surface area (Å²) in [6.45, 7) is 4.53. The van der Waals surface area contributed by atoms with E-state index in [9.17, 15) is 9.59 Å². The van der Waals surface area contributed by atoms with Crippen molar-refractivity contribution < 1.29 is 14.7 Å². The summed E-state index contributed by atoms with van der Waals surface area (Å²) < 4.78 is 0. The Bertz CT molecular complexity index is 700. The van der Waals surface area contributed by atoms with Crippen molar-refractivity contribution in [3.05, 3.63) is 24.3 Å². The minimum atomic E-state index is -0.828. The standard InChI is InChI=1S/C19H26N4O3S/c1-3-23(11-18(24)25)15-8-14(9-15)21-19(26)22-16-6-4-5-7-17(16)27-12-13(2)10-20/h4-7,13-15H,3,8-9,11-12H2,1-2H3,(H,24,25)(H2,21,22,26). The fourth-order valence-electron chi connectivity index (χ4n) is 2.97. The predicted octanol–water partition coefficient (Wildman–Crippen LogP) is 3.00. The minimum Gasteiger partial charge on any atom is -0.480 e. The Balaban J connectivity index is 1.82. The van der Waals surface area contributed by atoms with Gasteiger partial charge in [-0.25, -0.2) is 4.79 Å². The first-order valence-corrected chi connectivity index (χ1v) is 10.1. The number of para-hydroxylation sites is 1. The molecule has 7 nitrogen and oxygen atoms in total. The molecule has 3 N–H and O–H groups in total. The first kappa shape index (κ1) is 21.1. The van der Waals surface area contributed by atoms with Gasteiger partial charge in [0.2, 0.25) is 0 Å². The molecule has 1 aliphatic carbocycles. The molecule has 0 radical (unpaired) electrons. The highest BCUT2D eigenvalue weighted by Gasteiger charge is 2.34. The smallest absolute Gasteiger partial charge is 0.319 e. The van der Waals surface area contributed by atoms with Gasteiger partial charge in [-0.15, -0.1) is 11.8 Å². The van der Waals surface area contributed by atoms with Crippen LogP contribution in [0.2, 0.25) is 0 Å². The highest BCUT2D eigenvalue weighted by molar-refractivity contribution is 7.99. The SMILES string of the molecule is CCN(CC(=O)O)C1CC(NC(=O)Nc2ccccc2SCC(C)C#N)C1. The molecule has 27 heavy (non-hydrogen) atoms. The van der Waals surface area contributed by atoms with Crippen molar-refractivity contribution in [1.29, 1.82) is 5.26 Å². The molecule has 1 aromatic carbocycles. The maximum absolute atomic E-state index is 12.3. The van der Waals surface area contributed by atoms with Gasteiger partial charge in [0.25, 0.3) is 0 Å². The zero-order valence-electron chi connectivity index (χ0n) is 15.6. The highest BCUT2D eigenvalue weighted by atomic mass is 32.2. The van der Waals surface area contributed by atoms with Crippen molar-refractivity contribution in [2.75, 3.05) is 24.2 Å². The average Bonchev–Trinajstić information content (AvgIpc) is 2.61. The quantitative estimate of drug-likeness (QED) is 0.560. The average molecular weight is 391 g/mol. The molecule has 1 aliphatic rings. The van der Waals surface area contributed by atoms with E-state index in [1.807, 2.05) is 43.0 Å². The summed E-state index contributed by atoms with van der Waals surface area (Å²) in [7, 11) is 0. The van der Waals surface area contributed by atoms with Gasteiger partial charge in [-0.1, -0.05) is 19.1 Å². The van der Waals surface area contributed by atoms with Gasteiger partial charge >= 0.3 is 12.0 Å². The van der Waals surface area contributed by atoms with E-state index < -0.39 is 5.97 Å². The van der Waals surface area contributed by atoms with Gasteiger partial charge in [0, 0.05) is 22.7 Å². The van der Waals surface area contributed by atoms with Crippen LogP contribution in [-0.4, -0.2) is 52.9 Å². The lowest BCUT2D eigenvalue weighted by atomic mass is 9.85. The van der Waals surface area contributed by atoms with Crippen molar-refractivity contribution in [3.8, 4) is 6.07 Å². The topological polar surface area (TPSA) is 105 Å². The lowest BCUT2D eigenvalue weighted by molar-refractivity contribution is -0.139. The van der Waals surface area contributed by atoms with E-state index in [1.165, 1.54) is 0 Å². The van der Waals surface area contributed by atoms with Gasteiger partial charge in [-0.3, -0.25) is 9.69 Å². The highest BCUT2D eigenvalue weighted by Crippen LogP contribution is 2.29. The number of nitrogens with zero attached hydrogens (tertiary/aromatic N) is 2. The van der Waals surface area contributed by atoms with Crippen molar-refractivity contribution in [1.82, 2.24) is 10.2 Å². The molecular weight excluding hydrogens is 364 g/mol. The van der Waals surface area contributed by atoms with Crippen LogP contribution in [0.4, 0.5) is 10.5 Å². The Hall–Kier alpha value is -2.24. The number of carbonyl (C=O) groups excluding carboxylic acids is 1. The van der Waals surface area contributed by atoms with Gasteiger partial charge in [-0.05, 0) is 38.4 Å². The number of carboxylic acid groups (broad SMARTS) is 1. The van der Waals surface area contributed by atoms with E-state index in [4.69, 9.17) is 10.4 Å². The van der Waals surface area contributed by atoms with Gasteiger partial charge in [0.1, 0.15) is 0 Å². The lowest BCUT2D eigenvalue weighted by Crippen LogP contribution is -2.55. The molecule has 0 bridgehead atoms. The fourth-order valence-corrected chi connectivity index (χ4v) is 3.92. The molecule has 2 rings (SSSR count). The van der Waals surface area contributed by atoms with Gasteiger partial charge < -0.3 is 15.7 Å². The molecule has 0 heterocycles. The molecule has 0 saturated heterocycles. The van der Waals surface area contributed by atoms with Crippen LogP contribution in [0.15, 0.2) is 29.2 Å². The molecule has 1 saturated carbocycles. The third-order valence-corrected chi connectivity index (χ3v) is 5.89. The number of hydrogen-bond acceptors (Lipinski definition) is 5.